The van der Waals surface area contributed by atoms with E-state index in [1.165, 1.54) is 0 Å². The molecular weight excluding hydrogens is 370 g/mol. The molecule has 0 fully saturated rings. The molecule has 0 aliphatic carbocycles. The van der Waals surface area contributed by atoms with Gasteiger partial charge in [-0.25, -0.2) is 0 Å². The highest BCUT2D eigenvalue weighted by Gasteiger charge is 2.16. The molecule has 3 heteroatoms. The Morgan fingerprint density at radius 3 is 1.97 bits per heavy atom. The average molecular weight is 400 g/mol. The predicted molar refractivity (Wildman–Crippen MR) is 125 cm³/mol. The Hall–Kier alpha value is -3.17. The van der Waals surface area contributed by atoms with E-state index in [1.807, 2.05) is 97.9 Å². The summed E-state index contributed by atoms with van der Waals surface area (Å²) in [5, 5.41) is 0. The fourth-order valence-electron chi connectivity index (χ4n) is 3.46. The zero-order chi connectivity index (χ0) is 21.3. The molecular formula is C27H29NO2. The van der Waals surface area contributed by atoms with Gasteiger partial charge in [-0.3, -0.25) is 9.69 Å². The van der Waals surface area contributed by atoms with Gasteiger partial charge in [0, 0.05) is 11.1 Å². The van der Waals surface area contributed by atoms with Crippen molar-refractivity contribution in [3.63, 3.8) is 0 Å². The van der Waals surface area contributed by atoms with E-state index in [0.29, 0.717) is 11.1 Å². The Kier molecular flexibility index (Phi) is 7.58. The largest absolute Gasteiger partial charge is 0.475 e. The maximum atomic E-state index is 13.4. The van der Waals surface area contributed by atoms with Crippen molar-refractivity contribution in [3.05, 3.63) is 102 Å². The van der Waals surface area contributed by atoms with Crippen LogP contribution in [0.3, 0.4) is 0 Å². The topological polar surface area (TPSA) is 29.5 Å². The standard InChI is InChI=1S/C27H29NO2/c1-4-28(5-2)21(3)30-25-18-16-24(17-19-25)27(29)26(23-14-10-7-11-15-23)20-22-12-8-6-9-13-22/h6-21H,4-5H2,1-3H3/b26-20+. The molecule has 1 unspecified atom stereocenters. The first-order valence-electron chi connectivity index (χ1n) is 10.5. The molecule has 0 radical (unpaired) electrons. The monoisotopic (exact) mass is 399 g/mol. The van der Waals surface area contributed by atoms with Gasteiger partial charge in [-0.15, -0.1) is 0 Å². The molecule has 3 aromatic carbocycles. The predicted octanol–water partition coefficient (Wildman–Crippen LogP) is 6.18. The number of hydrogen-bond donors (Lipinski definition) is 0. The van der Waals surface area contributed by atoms with Gasteiger partial charge in [-0.1, -0.05) is 74.5 Å². The van der Waals surface area contributed by atoms with Crippen molar-refractivity contribution in [1.82, 2.24) is 4.90 Å². The van der Waals surface area contributed by atoms with Crippen LogP contribution < -0.4 is 4.74 Å². The van der Waals surface area contributed by atoms with Crippen molar-refractivity contribution in [2.24, 2.45) is 0 Å². The summed E-state index contributed by atoms with van der Waals surface area (Å²) in [6, 6.07) is 27.1. The molecule has 3 nitrogen and oxygen atoms in total. The third kappa shape index (κ3) is 5.46. The normalized spacial score (nSPS) is 12.6. The van der Waals surface area contributed by atoms with Gasteiger partial charge < -0.3 is 4.74 Å². The molecule has 0 amide bonds. The number of allylic oxidation sites excluding steroid dienone is 1. The zero-order valence-electron chi connectivity index (χ0n) is 17.9. The van der Waals surface area contributed by atoms with Crippen molar-refractivity contribution >= 4 is 17.4 Å². The first-order valence-corrected chi connectivity index (χ1v) is 10.5. The van der Waals surface area contributed by atoms with Crippen LogP contribution in [-0.2, 0) is 0 Å². The van der Waals surface area contributed by atoms with E-state index in [0.717, 1.165) is 30.0 Å². The zero-order valence-corrected chi connectivity index (χ0v) is 17.9. The quantitative estimate of drug-likeness (QED) is 0.186. The van der Waals surface area contributed by atoms with Gasteiger partial charge in [0.2, 0.25) is 0 Å². The number of nitrogens with zero attached hydrogens (tertiary/aromatic N) is 1. The van der Waals surface area contributed by atoms with Gasteiger partial charge in [0.15, 0.2) is 5.78 Å². The second-order valence-electron chi connectivity index (χ2n) is 7.13. The molecule has 0 aliphatic rings. The highest BCUT2D eigenvalue weighted by Crippen LogP contribution is 2.24. The highest BCUT2D eigenvalue weighted by atomic mass is 16.5. The van der Waals surface area contributed by atoms with E-state index in [2.05, 4.69) is 18.7 Å². The van der Waals surface area contributed by atoms with Crippen molar-refractivity contribution in [3.8, 4) is 5.75 Å². The lowest BCUT2D eigenvalue weighted by Crippen LogP contribution is -2.36. The first kappa shape index (κ1) is 21.5. The second-order valence-corrected chi connectivity index (χ2v) is 7.13. The Morgan fingerprint density at radius 2 is 1.40 bits per heavy atom. The summed E-state index contributed by atoms with van der Waals surface area (Å²) in [6.07, 6.45) is 1.93. The molecule has 0 bridgehead atoms. The number of hydrogen-bond acceptors (Lipinski definition) is 3. The van der Waals surface area contributed by atoms with Crippen LogP contribution in [0.15, 0.2) is 84.9 Å². The minimum absolute atomic E-state index is 0.00612. The van der Waals surface area contributed by atoms with Gasteiger partial charge in [0.1, 0.15) is 12.0 Å². The van der Waals surface area contributed by atoms with Crippen LogP contribution in [0.5, 0.6) is 5.75 Å². The molecule has 0 aliphatic heterocycles. The molecule has 0 spiro atoms. The number of rotatable bonds is 9. The van der Waals surface area contributed by atoms with Crippen LogP contribution in [0, 0.1) is 0 Å². The second kappa shape index (κ2) is 10.6. The number of carbonyl (C=O) groups excluding carboxylic acids is 1. The Balaban J connectivity index is 1.86. The van der Waals surface area contributed by atoms with Crippen molar-refractivity contribution in [2.75, 3.05) is 13.1 Å². The summed E-state index contributed by atoms with van der Waals surface area (Å²) in [6.45, 7) is 8.14. The Labute approximate surface area is 179 Å². The third-order valence-electron chi connectivity index (χ3n) is 5.19. The molecule has 0 N–H and O–H groups in total. The van der Waals surface area contributed by atoms with Crippen molar-refractivity contribution in [2.45, 2.75) is 27.0 Å². The minimum Gasteiger partial charge on any atom is -0.475 e. The summed E-state index contributed by atoms with van der Waals surface area (Å²) < 4.78 is 6.03. The lowest BCUT2D eigenvalue weighted by molar-refractivity contribution is 0.0481. The van der Waals surface area contributed by atoms with Gasteiger partial charge >= 0.3 is 0 Å². The fourth-order valence-corrected chi connectivity index (χ4v) is 3.46. The maximum Gasteiger partial charge on any atom is 0.193 e. The summed E-state index contributed by atoms with van der Waals surface area (Å²) in [4.78, 5) is 15.6. The maximum absolute atomic E-state index is 13.4. The van der Waals surface area contributed by atoms with E-state index in [1.54, 1.807) is 0 Å². The molecule has 30 heavy (non-hydrogen) atoms. The highest BCUT2D eigenvalue weighted by molar-refractivity contribution is 6.32. The lowest BCUT2D eigenvalue weighted by atomic mass is 9.95. The molecule has 154 valence electrons. The van der Waals surface area contributed by atoms with E-state index < -0.39 is 0 Å². The summed E-state index contributed by atoms with van der Waals surface area (Å²) >= 11 is 0. The summed E-state index contributed by atoms with van der Waals surface area (Å²) in [7, 11) is 0. The van der Waals surface area contributed by atoms with E-state index in [-0.39, 0.29) is 12.0 Å². The first-order chi connectivity index (χ1) is 14.6. The fraction of sp³-hybridized carbons (Fsp3) is 0.222. The van der Waals surface area contributed by atoms with E-state index in [4.69, 9.17) is 4.74 Å². The Bertz CT molecular complexity index is 959. The molecule has 3 aromatic rings. The number of Topliss-reactive ketones (excluding diaryl/α,β-unsaturated/α-hetero) is 1. The molecule has 0 saturated heterocycles. The minimum atomic E-state index is -0.0144. The number of carbonyl (C=O) groups is 1. The van der Waals surface area contributed by atoms with Crippen molar-refractivity contribution < 1.29 is 9.53 Å². The van der Waals surface area contributed by atoms with Crippen molar-refractivity contribution in [1.29, 1.82) is 0 Å². The van der Waals surface area contributed by atoms with Crippen LogP contribution in [0.4, 0.5) is 0 Å². The van der Waals surface area contributed by atoms with E-state index in [9.17, 15) is 4.79 Å². The van der Waals surface area contributed by atoms with E-state index >= 15 is 0 Å². The lowest BCUT2D eigenvalue weighted by Gasteiger charge is -2.26. The van der Waals surface area contributed by atoms with Crippen LogP contribution in [0.2, 0.25) is 0 Å². The molecule has 0 aromatic heterocycles. The third-order valence-corrected chi connectivity index (χ3v) is 5.19. The van der Waals surface area contributed by atoms with Crippen LogP contribution in [0.25, 0.3) is 11.6 Å². The molecule has 1 atom stereocenters. The van der Waals surface area contributed by atoms with Crippen LogP contribution in [-0.4, -0.2) is 30.0 Å². The van der Waals surface area contributed by atoms with Crippen LogP contribution >= 0.6 is 0 Å². The number of ketones is 1. The smallest absolute Gasteiger partial charge is 0.193 e. The molecule has 0 saturated carbocycles. The molecule has 0 heterocycles. The van der Waals surface area contributed by atoms with Gasteiger partial charge in [-0.2, -0.15) is 0 Å². The van der Waals surface area contributed by atoms with Crippen LogP contribution in [0.1, 0.15) is 42.3 Å². The SMILES string of the molecule is CCN(CC)C(C)Oc1ccc(C(=O)/C(=C/c2ccccc2)c2ccccc2)cc1. The summed E-state index contributed by atoms with van der Waals surface area (Å²) in [5.41, 5.74) is 3.22. The van der Waals surface area contributed by atoms with Gasteiger partial charge in [0.25, 0.3) is 0 Å². The summed E-state index contributed by atoms with van der Waals surface area (Å²) in [5.74, 6) is 0.757. The Morgan fingerprint density at radius 1 is 0.833 bits per heavy atom. The average Bonchev–Trinajstić information content (AvgIpc) is 2.79. The molecule has 3 rings (SSSR count). The number of benzene rings is 3. The van der Waals surface area contributed by atoms with Gasteiger partial charge in [0.05, 0.1) is 0 Å². The van der Waals surface area contributed by atoms with Gasteiger partial charge in [-0.05, 0) is 61.5 Å². The number of ether oxygens (including phenoxy) is 1.